The van der Waals surface area contributed by atoms with Crippen molar-refractivity contribution in [1.29, 1.82) is 0 Å². The smallest absolute Gasteiger partial charge is 0.0906 e. The van der Waals surface area contributed by atoms with Crippen LogP contribution >= 0.6 is 0 Å². The summed E-state index contributed by atoms with van der Waals surface area (Å²) in [7, 11) is 3.40. The van der Waals surface area contributed by atoms with E-state index in [0.29, 0.717) is 26.1 Å². The number of aliphatic hydroxyl groups is 1. The van der Waals surface area contributed by atoms with Crippen molar-refractivity contribution >= 4 is 0 Å². The third-order valence-electron chi connectivity index (χ3n) is 1.55. The Bertz CT molecular complexity index is 103. The number of halogens is 1. The van der Waals surface area contributed by atoms with Crippen molar-refractivity contribution in [2.75, 3.05) is 40.5 Å². The molecule has 0 heterocycles. The van der Waals surface area contributed by atoms with Crippen LogP contribution in [-0.2, 0) is 4.74 Å². The molecule has 0 amide bonds. The minimum atomic E-state index is -0.473. The molecule has 0 fully saturated rings. The molecule has 0 aliphatic heterocycles. The first-order valence-electron chi connectivity index (χ1n) is 4.12. The summed E-state index contributed by atoms with van der Waals surface area (Å²) in [4.78, 5) is 1.89. The van der Waals surface area contributed by atoms with E-state index in [1.165, 1.54) is 0 Å². The highest BCUT2D eigenvalue weighted by molar-refractivity contribution is 4.59. The van der Waals surface area contributed by atoms with Gasteiger partial charge in [0.05, 0.1) is 19.4 Å². The molecule has 1 N–H and O–H groups in total. The predicted molar refractivity (Wildman–Crippen MR) is 46.0 cm³/mol. The summed E-state index contributed by atoms with van der Waals surface area (Å²) in [5.41, 5.74) is 0. The number of likely N-dealkylation sites (N-methyl/N-ethyl adjacent to an activating group) is 1. The van der Waals surface area contributed by atoms with Gasteiger partial charge in [-0.3, -0.25) is 4.39 Å². The molecular formula is C8H18FNO2. The SMILES string of the molecule is COCC(O)CN(C)CCCF. The van der Waals surface area contributed by atoms with E-state index in [2.05, 4.69) is 0 Å². The molecule has 0 aliphatic rings. The molecule has 0 radical (unpaired) electrons. The fourth-order valence-electron chi connectivity index (χ4n) is 1.03. The van der Waals surface area contributed by atoms with Crippen LogP contribution in [-0.4, -0.2) is 56.6 Å². The van der Waals surface area contributed by atoms with Crippen molar-refractivity contribution in [2.45, 2.75) is 12.5 Å². The second-order valence-electron chi connectivity index (χ2n) is 2.91. The van der Waals surface area contributed by atoms with Gasteiger partial charge in [-0.15, -0.1) is 0 Å². The molecule has 0 saturated carbocycles. The van der Waals surface area contributed by atoms with Crippen molar-refractivity contribution in [1.82, 2.24) is 4.90 Å². The summed E-state index contributed by atoms with van der Waals surface area (Å²) in [6.07, 6.45) is 0.0514. The van der Waals surface area contributed by atoms with Gasteiger partial charge in [0.2, 0.25) is 0 Å². The van der Waals surface area contributed by atoms with Gasteiger partial charge in [0, 0.05) is 20.2 Å². The Kier molecular flexibility index (Phi) is 7.34. The fourth-order valence-corrected chi connectivity index (χ4v) is 1.03. The molecule has 0 aliphatic carbocycles. The number of nitrogens with zero attached hydrogens (tertiary/aromatic N) is 1. The van der Waals surface area contributed by atoms with E-state index >= 15 is 0 Å². The number of rotatable bonds is 7. The molecule has 0 aromatic rings. The normalized spacial score (nSPS) is 13.8. The van der Waals surface area contributed by atoms with Gasteiger partial charge in [-0.2, -0.15) is 0 Å². The largest absolute Gasteiger partial charge is 0.389 e. The first-order valence-corrected chi connectivity index (χ1v) is 4.12. The second-order valence-corrected chi connectivity index (χ2v) is 2.91. The highest BCUT2D eigenvalue weighted by Gasteiger charge is 2.06. The molecule has 3 nitrogen and oxygen atoms in total. The molecule has 0 spiro atoms. The van der Waals surface area contributed by atoms with E-state index in [1.807, 2.05) is 11.9 Å². The average Bonchev–Trinajstić information content (AvgIpc) is 2.01. The Morgan fingerprint density at radius 3 is 2.75 bits per heavy atom. The average molecular weight is 179 g/mol. The van der Waals surface area contributed by atoms with E-state index in [1.54, 1.807) is 7.11 Å². The molecular weight excluding hydrogens is 161 g/mol. The third-order valence-corrected chi connectivity index (χ3v) is 1.55. The highest BCUT2D eigenvalue weighted by atomic mass is 19.1. The van der Waals surface area contributed by atoms with Crippen molar-refractivity contribution < 1.29 is 14.2 Å². The van der Waals surface area contributed by atoms with Crippen molar-refractivity contribution in [3.8, 4) is 0 Å². The van der Waals surface area contributed by atoms with E-state index in [0.717, 1.165) is 0 Å². The number of ether oxygens (including phenoxy) is 1. The first-order chi connectivity index (χ1) is 5.70. The topological polar surface area (TPSA) is 32.7 Å². The van der Waals surface area contributed by atoms with Gasteiger partial charge in [-0.05, 0) is 13.5 Å². The van der Waals surface area contributed by atoms with Crippen LogP contribution in [0.4, 0.5) is 4.39 Å². The summed E-state index contributed by atoms with van der Waals surface area (Å²) in [6, 6.07) is 0. The zero-order valence-electron chi connectivity index (χ0n) is 7.79. The standard InChI is InChI=1S/C8H18FNO2/c1-10(5-3-4-9)6-8(11)7-12-2/h8,11H,3-7H2,1-2H3. The monoisotopic (exact) mass is 179 g/mol. The van der Waals surface area contributed by atoms with Crippen LogP contribution in [0.15, 0.2) is 0 Å². The van der Waals surface area contributed by atoms with Crippen molar-refractivity contribution in [2.24, 2.45) is 0 Å². The Morgan fingerprint density at radius 2 is 2.25 bits per heavy atom. The fraction of sp³-hybridized carbons (Fsp3) is 1.00. The quantitative estimate of drug-likeness (QED) is 0.609. The van der Waals surface area contributed by atoms with Crippen LogP contribution in [0.3, 0.4) is 0 Å². The number of aliphatic hydroxyl groups excluding tert-OH is 1. The zero-order chi connectivity index (χ0) is 9.40. The summed E-state index contributed by atoms with van der Waals surface area (Å²) < 4.78 is 16.5. The van der Waals surface area contributed by atoms with Gasteiger partial charge in [0.1, 0.15) is 0 Å². The van der Waals surface area contributed by atoms with E-state index < -0.39 is 6.10 Å². The lowest BCUT2D eigenvalue weighted by atomic mass is 10.3. The van der Waals surface area contributed by atoms with E-state index in [9.17, 15) is 9.50 Å². The second kappa shape index (κ2) is 7.46. The number of methoxy groups -OCH3 is 1. The molecule has 0 bridgehead atoms. The lowest BCUT2D eigenvalue weighted by molar-refractivity contribution is 0.0428. The summed E-state index contributed by atoms with van der Waals surface area (Å²) in [6.45, 7) is 1.25. The maximum absolute atomic E-state index is 11.7. The number of hydrogen-bond acceptors (Lipinski definition) is 3. The Labute approximate surface area is 73.1 Å². The van der Waals surface area contributed by atoms with Crippen molar-refractivity contribution in [3.05, 3.63) is 0 Å². The summed E-state index contributed by atoms with van der Waals surface area (Å²) in [5, 5.41) is 9.26. The van der Waals surface area contributed by atoms with E-state index in [4.69, 9.17) is 4.74 Å². The predicted octanol–water partition coefficient (Wildman–Crippen LogP) is 0.285. The highest BCUT2D eigenvalue weighted by Crippen LogP contribution is 1.92. The van der Waals surface area contributed by atoms with Crippen LogP contribution in [0.1, 0.15) is 6.42 Å². The maximum Gasteiger partial charge on any atom is 0.0906 e. The number of alkyl halides is 1. The Hall–Kier alpha value is -0.190. The summed E-state index contributed by atoms with van der Waals surface area (Å²) in [5.74, 6) is 0. The molecule has 0 aromatic carbocycles. The van der Waals surface area contributed by atoms with Gasteiger partial charge in [0.15, 0.2) is 0 Å². The van der Waals surface area contributed by atoms with Crippen LogP contribution < -0.4 is 0 Å². The van der Waals surface area contributed by atoms with Gasteiger partial charge in [-0.1, -0.05) is 0 Å². The van der Waals surface area contributed by atoms with Crippen LogP contribution in [0.5, 0.6) is 0 Å². The lowest BCUT2D eigenvalue weighted by Crippen LogP contribution is -2.32. The third kappa shape index (κ3) is 6.52. The van der Waals surface area contributed by atoms with Crippen molar-refractivity contribution in [3.63, 3.8) is 0 Å². The summed E-state index contributed by atoms with van der Waals surface area (Å²) >= 11 is 0. The first kappa shape index (κ1) is 11.8. The van der Waals surface area contributed by atoms with Gasteiger partial charge >= 0.3 is 0 Å². The molecule has 1 unspecified atom stereocenters. The Morgan fingerprint density at radius 1 is 1.58 bits per heavy atom. The molecule has 74 valence electrons. The van der Waals surface area contributed by atoms with Crippen LogP contribution in [0, 0.1) is 0 Å². The molecule has 0 rings (SSSR count). The maximum atomic E-state index is 11.7. The van der Waals surface area contributed by atoms with Gasteiger partial charge in [-0.25, -0.2) is 0 Å². The van der Waals surface area contributed by atoms with E-state index in [-0.39, 0.29) is 6.67 Å². The molecule has 0 aromatic heterocycles. The minimum absolute atomic E-state index is 0.301. The minimum Gasteiger partial charge on any atom is -0.389 e. The zero-order valence-corrected chi connectivity index (χ0v) is 7.79. The van der Waals surface area contributed by atoms with Gasteiger partial charge < -0.3 is 14.7 Å². The molecule has 4 heteroatoms. The van der Waals surface area contributed by atoms with Gasteiger partial charge in [0.25, 0.3) is 0 Å². The molecule has 1 atom stereocenters. The lowest BCUT2D eigenvalue weighted by Gasteiger charge is -2.19. The Balaban J connectivity index is 3.33. The molecule has 12 heavy (non-hydrogen) atoms. The van der Waals surface area contributed by atoms with Crippen LogP contribution in [0.25, 0.3) is 0 Å². The number of hydrogen-bond donors (Lipinski definition) is 1. The van der Waals surface area contributed by atoms with Crippen LogP contribution in [0.2, 0.25) is 0 Å². The molecule has 0 saturated heterocycles.